The van der Waals surface area contributed by atoms with E-state index in [0.29, 0.717) is 45.2 Å². The van der Waals surface area contributed by atoms with Crippen LogP contribution in [-0.4, -0.2) is 39.9 Å². The third-order valence-corrected chi connectivity index (χ3v) is 8.67. The third-order valence-electron chi connectivity index (χ3n) is 7.43. The molecule has 2 N–H and O–H groups in total. The zero-order chi connectivity index (χ0) is 29.3. The fraction of sp³-hybridized carbons (Fsp3) is 0.290. The molecule has 4 aromatic rings. The number of carbonyl (C=O) groups excluding carboxylic acids is 2. The maximum atomic E-state index is 14.9. The van der Waals surface area contributed by atoms with Crippen molar-refractivity contribution in [2.75, 3.05) is 24.2 Å². The molecule has 0 spiro atoms. The standard InChI is InChI=1S/C31H32FN5O3S/c1-5-36(3)30(39)20-10-11-28(33-16-20)34-25-12-21(17-37(4)31(25)40)23-14-22(32)15-24(18(23)2)35-29(38)27-13-19-8-6-7-9-26(19)41-27/h10-17H,5-9H2,1-4H3,(H,33,34)(H,35,38). The van der Waals surface area contributed by atoms with E-state index in [1.54, 1.807) is 43.4 Å². The Bertz CT molecular complexity index is 1670. The fourth-order valence-electron chi connectivity index (χ4n) is 4.94. The fourth-order valence-corrected chi connectivity index (χ4v) is 6.09. The predicted octanol–water partition coefficient (Wildman–Crippen LogP) is 5.92. The van der Waals surface area contributed by atoms with Gasteiger partial charge in [0.05, 0.1) is 10.4 Å². The lowest BCUT2D eigenvalue weighted by molar-refractivity contribution is 0.0802. The number of pyridine rings is 2. The molecule has 0 bridgehead atoms. The number of anilines is 3. The lowest BCUT2D eigenvalue weighted by atomic mass is 9.99. The van der Waals surface area contributed by atoms with Crippen LogP contribution in [0.2, 0.25) is 0 Å². The van der Waals surface area contributed by atoms with Gasteiger partial charge in [-0.1, -0.05) is 0 Å². The molecule has 2 amide bonds. The maximum Gasteiger partial charge on any atom is 0.274 e. The number of hydrogen-bond donors (Lipinski definition) is 2. The van der Waals surface area contributed by atoms with E-state index in [-0.39, 0.29) is 23.1 Å². The Morgan fingerprint density at radius 1 is 1.12 bits per heavy atom. The Morgan fingerprint density at radius 2 is 1.90 bits per heavy atom. The van der Waals surface area contributed by atoms with Crippen molar-refractivity contribution in [2.24, 2.45) is 7.05 Å². The summed E-state index contributed by atoms with van der Waals surface area (Å²) in [6.45, 7) is 4.27. The van der Waals surface area contributed by atoms with Crippen molar-refractivity contribution in [3.05, 3.63) is 91.4 Å². The van der Waals surface area contributed by atoms with Crippen LogP contribution in [0.4, 0.5) is 21.6 Å². The van der Waals surface area contributed by atoms with Crippen LogP contribution in [0.15, 0.2) is 53.6 Å². The summed E-state index contributed by atoms with van der Waals surface area (Å²) in [5.41, 5.74) is 3.79. The monoisotopic (exact) mass is 573 g/mol. The van der Waals surface area contributed by atoms with Gasteiger partial charge in [-0.2, -0.15) is 0 Å². The smallest absolute Gasteiger partial charge is 0.274 e. The predicted molar refractivity (Wildman–Crippen MR) is 161 cm³/mol. The van der Waals surface area contributed by atoms with Crippen molar-refractivity contribution in [1.82, 2.24) is 14.5 Å². The highest BCUT2D eigenvalue weighted by Gasteiger charge is 2.20. The molecule has 1 aliphatic carbocycles. The molecule has 0 saturated heterocycles. The first-order valence-corrected chi connectivity index (χ1v) is 14.4. The number of carbonyl (C=O) groups is 2. The second kappa shape index (κ2) is 11.7. The van der Waals surface area contributed by atoms with Crippen molar-refractivity contribution in [3.8, 4) is 11.1 Å². The van der Waals surface area contributed by atoms with Crippen LogP contribution >= 0.6 is 11.3 Å². The van der Waals surface area contributed by atoms with Gasteiger partial charge in [-0.3, -0.25) is 14.4 Å². The highest BCUT2D eigenvalue weighted by molar-refractivity contribution is 7.14. The van der Waals surface area contributed by atoms with E-state index in [2.05, 4.69) is 15.6 Å². The number of fused-ring (bicyclic) bond motifs is 1. The van der Waals surface area contributed by atoms with Gasteiger partial charge in [0, 0.05) is 49.2 Å². The molecule has 1 aromatic carbocycles. The molecule has 0 unspecified atom stereocenters. The quantitative estimate of drug-likeness (QED) is 0.286. The summed E-state index contributed by atoms with van der Waals surface area (Å²) in [5.74, 6) is -0.524. The van der Waals surface area contributed by atoms with E-state index in [0.717, 1.165) is 25.7 Å². The molecular weight excluding hydrogens is 541 g/mol. The SMILES string of the molecule is CCN(C)C(=O)c1ccc(Nc2cc(-c3cc(F)cc(NC(=O)c4cc5c(s4)CCCC5)c3C)cn(C)c2=O)nc1. The normalized spacial score (nSPS) is 12.5. The lowest BCUT2D eigenvalue weighted by Gasteiger charge is -2.16. The number of rotatable bonds is 7. The first-order chi connectivity index (χ1) is 19.6. The van der Waals surface area contributed by atoms with Crippen LogP contribution in [0, 0.1) is 12.7 Å². The molecule has 0 aliphatic heterocycles. The van der Waals surface area contributed by atoms with Crippen molar-refractivity contribution in [1.29, 1.82) is 0 Å². The number of halogens is 1. The van der Waals surface area contributed by atoms with Crippen LogP contribution in [0.3, 0.4) is 0 Å². The maximum absolute atomic E-state index is 14.9. The Labute approximate surface area is 241 Å². The van der Waals surface area contributed by atoms with Crippen LogP contribution in [0.1, 0.15) is 55.8 Å². The zero-order valence-corrected chi connectivity index (χ0v) is 24.3. The van der Waals surface area contributed by atoms with E-state index in [1.165, 1.54) is 44.7 Å². The van der Waals surface area contributed by atoms with Crippen molar-refractivity contribution in [2.45, 2.75) is 39.5 Å². The van der Waals surface area contributed by atoms with E-state index in [9.17, 15) is 18.8 Å². The van der Waals surface area contributed by atoms with Gasteiger partial charge < -0.3 is 20.1 Å². The van der Waals surface area contributed by atoms with Gasteiger partial charge in [-0.05, 0) is 92.6 Å². The van der Waals surface area contributed by atoms with Gasteiger partial charge in [0.25, 0.3) is 17.4 Å². The Balaban J connectivity index is 1.42. The van der Waals surface area contributed by atoms with Crippen molar-refractivity contribution >= 4 is 40.3 Å². The molecule has 0 atom stereocenters. The minimum atomic E-state index is -0.506. The highest BCUT2D eigenvalue weighted by atomic mass is 32.1. The molecule has 3 heterocycles. The van der Waals surface area contributed by atoms with Gasteiger partial charge in [-0.25, -0.2) is 9.37 Å². The third kappa shape index (κ3) is 5.92. The topological polar surface area (TPSA) is 96.3 Å². The molecule has 0 saturated carbocycles. The summed E-state index contributed by atoms with van der Waals surface area (Å²) < 4.78 is 16.3. The first-order valence-electron chi connectivity index (χ1n) is 13.6. The average Bonchev–Trinajstić information content (AvgIpc) is 3.41. The van der Waals surface area contributed by atoms with E-state index >= 15 is 0 Å². The van der Waals surface area contributed by atoms with Gasteiger partial charge in [0.15, 0.2) is 0 Å². The molecule has 1 aliphatic rings. The minimum absolute atomic E-state index is 0.146. The summed E-state index contributed by atoms with van der Waals surface area (Å²) in [6.07, 6.45) is 7.33. The van der Waals surface area contributed by atoms with Crippen molar-refractivity contribution < 1.29 is 14.0 Å². The summed E-state index contributed by atoms with van der Waals surface area (Å²) in [6, 6.07) is 9.57. The molecule has 3 aromatic heterocycles. The van der Waals surface area contributed by atoms with Crippen LogP contribution in [0.25, 0.3) is 11.1 Å². The van der Waals surface area contributed by atoms with Gasteiger partial charge in [0.1, 0.15) is 17.3 Å². The van der Waals surface area contributed by atoms with Crippen LogP contribution in [-0.2, 0) is 19.9 Å². The second-order valence-electron chi connectivity index (χ2n) is 10.3. The number of aromatic nitrogens is 2. The molecular formula is C31H32FN5O3S. The highest BCUT2D eigenvalue weighted by Crippen LogP contribution is 2.33. The van der Waals surface area contributed by atoms with E-state index < -0.39 is 5.82 Å². The number of aryl methyl sites for hydroxylation is 3. The van der Waals surface area contributed by atoms with Gasteiger partial charge >= 0.3 is 0 Å². The summed E-state index contributed by atoms with van der Waals surface area (Å²) in [4.78, 5) is 46.2. The van der Waals surface area contributed by atoms with Crippen LogP contribution in [0.5, 0.6) is 0 Å². The number of nitrogens with one attached hydrogen (secondary N) is 2. The number of amides is 2. The van der Waals surface area contributed by atoms with Gasteiger partial charge in [0.2, 0.25) is 0 Å². The Kier molecular flexibility index (Phi) is 8.03. The van der Waals surface area contributed by atoms with Gasteiger partial charge in [-0.15, -0.1) is 11.3 Å². The number of thiophene rings is 1. The zero-order valence-electron chi connectivity index (χ0n) is 23.5. The molecule has 212 valence electrons. The largest absolute Gasteiger partial charge is 0.342 e. The summed E-state index contributed by atoms with van der Waals surface area (Å²) >= 11 is 1.51. The summed E-state index contributed by atoms with van der Waals surface area (Å²) in [5, 5.41) is 5.93. The molecule has 0 radical (unpaired) electrons. The minimum Gasteiger partial charge on any atom is -0.342 e. The number of nitrogens with zero attached hydrogens (tertiary/aromatic N) is 3. The summed E-state index contributed by atoms with van der Waals surface area (Å²) in [7, 11) is 3.33. The molecule has 41 heavy (non-hydrogen) atoms. The first kappa shape index (κ1) is 28.2. The number of hydrogen-bond acceptors (Lipinski definition) is 6. The number of benzene rings is 1. The van der Waals surface area contributed by atoms with E-state index in [1.807, 2.05) is 19.9 Å². The average molecular weight is 574 g/mol. The lowest BCUT2D eigenvalue weighted by Crippen LogP contribution is -2.26. The molecule has 10 heteroatoms. The molecule has 0 fully saturated rings. The van der Waals surface area contributed by atoms with Crippen LogP contribution < -0.4 is 16.2 Å². The Morgan fingerprint density at radius 3 is 2.61 bits per heavy atom. The molecule has 8 nitrogen and oxygen atoms in total. The second-order valence-corrected chi connectivity index (χ2v) is 11.4. The molecule has 5 rings (SSSR count). The van der Waals surface area contributed by atoms with E-state index in [4.69, 9.17) is 0 Å². The Hall–Kier alpha value is -4.31. The van der Waals surface area contributed by atoms with Crippen molar-refractivity contribution in [3.63, 3.8) is 0 Å².